The molecule has 1 aromatic carbocycles. The van der Waals surface area contributed by atoms with E-state index < -0.39 is 0 Å². The molecule has 6 nitrogen and oxygen atoms in total. The van der Waals surface area contributed by atoms with Crippen molar-refractivity contribution in [2.24, 2.45) is 0 Å². The zero-order valence-electron chi connectivity index (χ0n) is 14.0. The average molecular weight is 314 g/mol. The van der Waals surface area contributed by atoms with E-state index in [1.165, 1.54) is 6.33 Å². The predicted octanol–water partition coefficient (Wildman–Crippen LogP) is 2.07. The summed E-state index contributed by atoms with van der Waals surface area (Å²) >= 11 is 0. The maximum atomic E-state index is 12.3. The first-order valence-corrected chi connectivity index (χ1v) is 7.40. The van der Waals surface area contributed by atoms with Crippen LogP contribution in [0, 0.1) is 0 Å². The zero-order valence-corrected chi connectivity index (χ0v) is 14.0. The third kappa shape index (κ3) is 5.03. The van der Waals surface area contributed by atoms with Crippen molar-refractivity contribution in [1.82, 2.24) is 19.8 Å². The van der Waals surface area contributed by atoms with Gasteiger partial charge in [0.1, 0.15) is 12.1 Å². The van der Waals surface area contributed by atoms with Gasteiger partial charge in [-0.1, -0.05) is 0 Å². The van der Waals surface area contributed by atoms with Crippen LogP contribution in [0.3, 0.4) is 0 Å². The molecule has 0 spiro atoms. The van der Waals surface area contributed by atoms with Gasteiger partial charge in [-0.05, 0) is 44.3 Å². The first kappa shape index (κ1) is 16.9. The minimum atomic E-state index is -0.0516. The number of amides is 1. The van der Waals surface area contributed by atoms with Crippen LogP contribution in [0.4, 0.5) is 0 Å². The fraction of sp³-hybridized carbons (Fsp3) is 0.353. The van der Waals surface area contributed by atoms with Crippen LogP contribution in [-0.2, 0) is 6.42 Å². The molecule has 0 bridgehead atoms. The van der Waals surface area contributed by atoms with E-state index in [0.29, 0.717) is 17.2 Å². The van der Waals surface area contributed by atoms with Crippen LogP contribution in [0.5, 0.6) is 11.6 Å². The Labute approximate surface area is 136 Å². The summed E-state index contributed by atoms with van der Waals surface area (Å²) in [5.74, 6) is 1.00. The molecule has 1 amide bonds. The van der Waals surface area contributed by atoms with Gasteiger partial charge in [-0.3, -0.25) is 4.79 Å². The molecule has 23 heavy (non-hydrogen) atoms. The highest BCUT2D eigenvalue weighted by Gasteiger charge is 2.12. The fourth-order valence-electron chi connectivity index (χ4n) is 2.06. The third-order valence-electron chi connectivity index (χ3n) is 3.24. The molecule has 122 valence electrons. The van der Waals surface area contributed by atoms with Crippen LogP contribution in [-0.4, -0.2) is 60.4 Å². The lowest BCUT2D eigenvalue weighted by atomic mass is 10.1. The second-order valence-electron chi connectivity index (χ2n) is 5.77. The van der Waals surface area contributed by atoms with Crippen molar-refractivity contribution in [3.8, 4) is 11.6 Å². The lowest BCUT2D eigenvalue weighted by molar-refractivity contribution is 0.0827. The summed E-state index contributed by atoms with van der Waals surface area (Å²) in [5, 5.41) is 0. The van der Waals surface area contributed by atoms with Gasteiger partial charge in [-0.2, -0.15) is 0 Å². The molecule has 0 aliphatic carbocycles. The molecule has 0 saturated carbocycles. The second-order valence-corrected chi connectivity index (χ2v) is 5.77. The van der Waals surface area contributed by atoms with Gasteiger partial charge >= 0.3 is 0 Å². The highest BCUT2D eigenvalue weighted by Crippen LogP contribution is 2.23. The van der Waals surface area contributed by atoms with E-state index in [4.69, 9.17) is 4.74 Å². The number of aromatic nitrogens is 2. The number of carbonyl (C=O) groups excluding carboxylic acids is 1. The van der Waals surface area contributed by atoms with Gasteiger partial charge in [0.15, 0.2) is 0 Å². The first-order chi connectivity index (χ1) is 11.0. The Morgan fingerprint density at radius 3 is 2.57 bits per heavy atom. The molecule has 0 N–H and O–H groups in total. The Kier molecular flexibility index (Phi) is 5.65. The highest BCUT2D eigenvalue weighted by molar-refractivity contribution is 5.94. The van der Waals surface area contributed by atoms with Crippen molar-refractivity contribution >= 4 is 5.91 Å². The van der Waals surface area contributed by atoms with E-state index in [0.717, 1.165) is 18.5 Å². The van der Waals surface area contributed by atoms with Gasteiger partial charge in [0.25, 0.3) is 5.91 Å². The van der Waals surface area contributed by atoms with E-state index >= 15 is 0 Å². The molecule has 2 aromatic rings. The fourth-order valence-corrected chi connectivity index (χ4v) is 2.06. The number of hydrogen-bond donors (Lipinski definition) is 0. The van der Waals surface area contributed by atoms with Crippen LogP contribution >= 0.6 is 0 Å². The Bertz CT molecular complexity index is 657. The summed E-state index contributed by atoms with van der Waals surface area (Å²) < 4.78 is 5.76. The van der Waals surface area contributed by atoms with Gasteiger partial charge in [0.05, 0.1) is 0 Å². The predicted molar refractivity (Wildman–Crippen MR) is 88.8 cm³/mol. The molecule has 0 aliphatic rings. The molecule has 0 fully saturated rings. The van der Waals surface area contributed by atoms with Crippen LogP contribution in [0.2, 0.25) is 0 Å². The summed E-state index contributed by atoms with van der Waals surface area (Å²) in [6.07, 6.45) is 3.88. The van der Waals surface area contributed by atoms with Crippen LogP contribution in [0.25, 0.3) is 0 Å². The smallest absolute Gasteiger partial charge is 0.253 e. The third-order valence-corrected chi connectivity index (χ3v) is 3.24. The molecule has 0 aliphatic heterocycles. The maximum Gasteiger partial charge on any atom is 0.253 e. The number of benzene rings is 1. The summed E-state index contributed by atoms with van der Waals surface area (Å²) in [6, 6.07) is 7.28. The van der Waals surface area contributed by atoms with Gasteiger partial charge in [0, 0.05) is 38.5 Å². The van der Waals surface area contributed by atoms with Crippen molar-refractivity contribution in [2.45, 2.75) is 6.42 Å². The lowest BCUT2D eigenvalue weighted by Crippen LogP contribution is -2.22. The Morgan fingerprint density at radius 1 is 1.17 bits per heavy atom. The molecule has 0 radical (unpaired) electrons. The van der Waals surface area contributed by atoms with Crippen molar-refractivity contribution in [3.63, 3.8) is 0 Å². The Morgan fingerprint density at radius 2 is 1.96 bits per heavy atom. The van der Waals surface area contributed by atoms with Crippen molar-refractivity contribution in [3.05, 3.63) is 47.9 Å². The van der Waals surface area contributed by atoms with E-state index in [1.54, 1.807) is 37.3 Å². The minimum absolute atomic E-state index is 0.0516. The van der Waals surface area contributed by atoms with Crippen molar-refractivity contribution in [1.29, 1.82) is 0 Å². The molecule has 0 atom stereocenters. The first-order valence-electron chi connectivity index (χ1n) is 7.40. The summed E-state index contributed by atoms with van der Waals surface area (Å²) in [7, 11) is 7.51. The van der Waals surface area contributed by atoms with E-state index in [9.17, 15) is 4.79 Å². The number of rotatable bonds is 6. The molecule has 0 saturated heterocycles. The monoisotopic (exact) mass is 314 g/mol. The van der Waals surface area contributed by atoms with E-state index in [2.05, 4.69) is 14.9 Å². The van der Waals surface area contributed by atoms with Crippen LogP contribution < -0.4 is 4.74 Å². The average Bonchev–Trinajstić information content (AvgIpc) is 2.53. The van der Waals surface area contributed by atoms with Gasteiger partial charge in [-0.25, -0.2) is 9.97 Å². The molecule has 1 heterocycles. The Balaban J connectivity index is 2.30. The van der Waals surface area contributed by atoms with Gasteiger partial charge in [0.2, 0.25) is 5.88 Å². The second kappa shape index (κ2) is 7.69. The Hall–Kier alpha value is -2.47. The summed E-state index contributed by atoms with van der Waals surface area (Å²) in [4.78, 5) is 23.8. The largest absolute Gasteiger partial charge is 0.439 e. The quantitative estimate of drug-likeness (QED) is 0.817. The molecule has 6 heteroatoms. The van der Waals surface area contributed by atoms with Crippen LogP contribution in [0.15, 0.2) is 36.8 Å². The number of ether oxygens (including phenoxy) is 1. The minimum Gasteiger partial charge on any atom is -0.439 e. The van der Waals surface area contributed by atoms with Crippen molar-refractivity contribution in [2.75, 3.05) is 34.7 Å². The topological polar surface area (TPSA) is 58.6 Å². The standard InChI is InChI=1S/C17H22N4O2/c1-20(2)8-6-13-9-14(17(22)21(3)4)11-15(10-13)23-16-5-7-18-12-19-16/h5,7,9-12H,6,8H2,1-4H3. The number of likely N-dealkylation sites (N-methyl/N-ethyl adjacent to an activating group) is 1. The molecular formula is C17H22N4O2. The molecule has 2 rings (SSSR count). The maximum absolute atomic E-state index is 12.3. The molecular weight excluding hydrogens is 292 g/mol. The molecule has 0 unspecified atom stereocenters. The van der Waals surface area contributed by atoms with Gasteiger partial charge < -0.3 is 14.5 Å². The number of nitrogens with zero attached hydrogens (tertiary/aromatic N) is 4. The molecule has 1 aromatic heterocycles. The lowest BCUT2D eigenvalue weighted by Gasteiger charge is -2.15. The van der Waals surface area contributed by atoms with Crippen LogP contribution in [0.1, 0.15) is 15.9 Å². The number of hydrogen-bond acceptors (Lipinski definition) is 5. The zero-order chi connectivity index (χ0) is 16.8. The summed E-state index contributed by atoms with van der Waals surface area (Å²) in [5.41, 5.74) is 1.66. The highest BCUT2D eigenvalue weighted by atomic mass is 16.5. The number of carbonyl (C=O) groups is 1. The SMILES string of the molecule is CN(C)CCc1cc(Oc2ccncn2)cc(C(=O)N(C)C)c1. The normalized spacial score (nSPS) is 10.7. The van der Waals surface area contributed by atoms with E-state index in [1.807, 2.05) is 26.2 Å². The van der Waals surface area contributed by atoms with E-state index in [-0.39, 0.29) is 5.91 Å². The van der Waals surface area contributed by atoms with Gasteiger partial charge in [-0.15, -0.1) is 0 Å². The van der Waals surface area contributed by atoms with Crippen molar-refractivity contribution < 1.29 is 9.53 Å². The summed E-state index contributed by atoms with van der Waals surface area (Å²) in [6.45, 7) is 0.895.